The number of alkyl halides is 3. The molecule has 0 aromatic heterocycles. The molecule has 0 aliphatic carbocycles. The smallest absolute Gasteiger partial charge is 0.378 e. The maximum absolute atomic E-state index is 12.7. The molecule has 0 saturated carbocycles. The van der Waals surface area contributed by atoms with Crippen molar-refractivity contribution in [2.24, 2.45) is 0 Å². The van der Waals surface area contributed by atoms with E-state index in [4.69, 9.17) is 11.6 Å². The maximum atomic E-state index is 12.7. The summed E-state index contributed by atoms with van der Waals surface area (Å²) in [6.45, 7) is 3.68. The lowest BCUT2D eigenvalue weighted by Gasteiger charge is -2.19. The van der Waals surface area contributed by atoms with E-state index in [-0.39, 0.29) is 6.04 Å². The molecular formula is C16H15ClF3N. The molecule has 0 amide bonds. The number of hydrogen-bond acceptors (Lipinski definition) is 1. The molecule has 0 fully saturated rings. The van der Waals surface area contributed by atoms with Crippen LogP contribution in [0.1, 0.15) is 29.7 Å². The molecule has 0 heterocycles. The monoisotopic (exact) mass is 313 g/mol. The number of anilines is 1. The zero-order chi connectivity index (χ0) is 15.6. The Labute approximate surface area is 126 Å². The second-order valence-electron chi connectivity index (χ2n) is 4.90. The molecular weight excluding hydrogens is 299 g/mol. The van der Waals surface area contributed by atoms with Gasteiger partial charge in [0.1, 0.15) is 0 Å². The quantitative estimate of drug-likeness (QED) is 0.750. The number of halogens is 4. The van der Waals surface area contributed by atoms with Gasteiger partial charge in [0.15, 0.2) is 0 Å². The van der Waals surface area contributed by atoms with Gasteiger partial charge in [0.05, 0.1) is 5.56 Å². The van der Waals surface area contributed by atoms with Crippen LogP contribution < -0.4 is 5.32 Å². The van der Waals surface area contributed by atoms with Gasteiger partial charge >= 0.3 is 6.18 Å². The number of benzene rings is 2. The Morgan fingerprint density at radius 3 is 2.43 bits per heavy atom. The summed E-state index contributed by atoms with van der Waals surface area (Å²) in [7, 11) is 0. The zero-order valence-corrected chi connectivity index (χ0v) is 12.4. The van der Waals surface area contributed by atoms with E-state index in [1.807, 2.05) is 19.9 Å². The van der Waals surface area contributed by atoms with Crippen LogP contribution in [0.3, 0.4) is 0 Å². The SMILES string of the molecule is Cc1c(Cl)cccc1NC(C)c1cccc(C(F)(F)F)c1. The van der Waals surface area contributed by atoms with Crippen LogP contribution in [0.4, 0.5) is 18.9 Å². The van der Waals surface area contributed by atoms with Crippen molar-refractivity contribution in [3.63, 3.8) is 0 Å². The van der Waals surface area contributed by atoms with Gasteiger partial charge in [-0.15, -0.1) is 0 Å². The minimum absolute atomic E-state index is 0.260. The Kier molecular flexibility index (Phi) is 4.47. The van der Waals surface area contributed by atoms with E-state index < -0.39 is 11.7 Å². The van der Waals surface area contributed by atoms with E-state index in [0.29, 0.717) is 10.6 Å². The van der Waals surface area contributed by atoms with Crippen LogP contribution in [0.5, 0.6) is 0 Å². The molecule has 0 spiro atoms. The Morgan fingerprint density at radius 1 is 1.10 bits per heavy atom. The van der Waals surface area contributed by atoms with Crippen molar-refractivity contribution in [3.8, 4) is 0 Å². The molecule has 0 saturated heterocycles. The van der Waals surface area contributed by atoms with Crippen molar-refractivity contribution in [2.45, 2.75) is 26.1 Å². The third-order valence-electron chi connectivity index (χ3n) is 3.35. The van der Waals surface area contributed by atoms with Gasteiger partial charge in [-0.3, -0.25) is 0 Å². The summed E-state index contributed by atoms with van der Waals surface area (Å²) in [6, 6.07) is 10.5. The van der Waals surface area contributed by atoms with Crippen LogP contribution in [0, 0.1) is 6.92 Å². The van der Waals surface area contributed by atoms with Crippen molar-refractivity contribution in [3.05, 3.63) is 64.2 Å². The lowest BCUT2D eigenvalue weighted by Crippen LogP contribution is -2.10. The van der Waals surface area contributed by atoms with Gasteiger partial charge in [-0.2, -0.15) is 13.2 Å². The van der Waals surface area contributed by atoms with Crippen molar-refractivity contribution < 1.29 is 13.2 Å². The first kappa shape index (κ1) is 15.7. The Hall–Kier alpha value is -1.68. The largest absolute Gasteiger partial charge is 0.416 e. The lowest BCUT2D eigenvalue weighted by atomic mass is 10.0. The van der Waals surface area contributed by atoms with E-state index in [1.54, 1.807) is 18.2 Å². The van der Waals surface area contributed by atoms with Crippen LogP contribution in [0.25, 0.3) is 0 Å². The molecule has 1 nitrogen and oxygen atoms in total. The molecule has 21 heavy (non-hydrogen) atoms. The first-order chi connectivity index (χ1) is 9.79. The summed E-state index contributed by atoms with van der Waals surface area (Å²) >= 11 is 6.04. The highest BCUT2D eigenvalue weighted by Crippen LogP contribution is 2.32. The molecule has 2 aromatic carbocycles. The third kappa shape index (κ3) is 3.70. The van der Waals surface area contributed by atoms with Crippen molar-refractivity contribution >= 4 is 17.3 Å². The van der Waals surface area contributed by atoms with Gasteiger partial charge in [0, 0.05) is 16.8 Å². The maximum Gasteiger partial charge on any atom is 0.416 e. The minimum atomic E-state index is -4.33. The fraction of sp³-hybridized carbons (Fsp3) is 0.250. The average molecular weight is 314 g/mol. The number of rotatable bonds is 3. The molecule has 2 aromatic rings. The minimum Gasteiger partial charge on any atom is -0.378 e. The Morgan fingerprint density at radius 2 is 1.76 bits per heavy atom. The van der Waals surface area contributed by atoms with Crippen molar-refractivity contribution in [1.29, 1.82) is 0 Å². The van der Waals surface area contributed by atoms with Gasteiger partial charge in [-0.25, -0.2) is 0 Å². The first-order valence-corrected chi connectivity index (χ1v) is 6.85. The van der Waals surface area contributed by atoms with Gasteiger partial charge < -0.3 is 5.32 Å². The van der Waals surface area contributed by atoms with Crippen LogP contribution in [0.2, 0.25) is 5.02 Å². The van der Waals surface area contributed by atoms with Crippen LogP contribution in [-0.4, -0.2) is 0 Å². The van der Waals surface area contributed by atoms with E-state index >= 15 is 0 Å². The topological polar surface area (TPSA) is 12.0 Å². The van der Waals surface area contributed by atoms with E-state index in [2.05, 4.69) is 5.32 Å². The molecule has 2 rings (SSSR count). The van der Waals surface area contributed by atoms with E-state index in [0.717, 1.165) is 23.4 Å². The van der Waals surface area contributed by atoms with Gasteiger partial charge in [0.2, 0.25) is 0 Å². The molecule has 5 heteroatoms. The summed E-state index contributed by atoms with van der Waals surface area (Å²) in [5.74, 6) is 0. The molecule has 0 bridgehead atoms. The number of nitrogens with one attached hydrogen (secondary N) is 1. The third-order valence-corrected chi connectivity index (χ3v) is 3.76. The van der Waals surface area contributed by atoms with Crippen LogP contribution in [0.15, 0.2) is 42.5 Å². The Balaban J connectivity index is 2.25. The predicted octanol–water partition coefficient (Wildman–Crippen LogP) is 5.84. The highest BCUT2D eigenvalue weighted by Gasteiger charge is 2.30. The molecule has 1 N–H and O–H groups in total. The van der Waals surface area contributed by atoms with Crippen molar-refractivity contribution in [2.75, 3.05) is 5.32 Å². The van der Waals surface area contributed by atoms with E-state index in [9.17, 15) is 13.2 Å². The Bertz CT molecular complexity index is 638. The fourth-order valence-electron chi connectivity index (χ4n) is 2.06. The van der Waals surface area contributed by atoms with Gasteiger partial charge in [-0.1, -0.05) is 29.8 Å². The van der Waals surface area contributed by atoms with Crippen LogP contribution >= 0.6 is 11.6 Å². The number of hydrogen-bond donors (Lipinski definition) is 1. The second-order valence-corrected chi connectivity index (χ2v) is 5.31. The molecule has 1 atom stereocenters. The summed E-state index contributed by atoms with van der Waals surface area (Å²) in [5, 5.41) is 3.82. The summed E-state index contributed by atoms with van der Waals surface area (Å²) in [4.78, 5) is 0. The highest BCUT2D eigenvalue weighted by atomic mass is 35.5. The lowest BCUT2D eigenvalue weighted by molar-refractivity contribution is -0.137. The summed E-state index contributed by atoms with van der Waals surface area (Å²) in [5.41, 5.74) is 1.62. The van der Waals surface area contributed by atoms with Gasteiger partial charge in [-0.05, 0) is 49.2 Å². The summed E-state index contributed by atoms with van der Waals surface area (Å²) < 4.78 is 38.2. The van der Waals surface area contributed by atoms with E-state index in [1.165, 1.54) is 6.07 Å². The molecule has 0 aliphatic heterocycles. The van der Waals surface area contributed by atoms with Gasteiger partial charge in [0.25, 0.3) is 0 Å². The molecule has 0 aliphatic rings. The normalized spacial score (nSPS) is 13.0. The zero-order valence-electron chi connectivity index (χ0n) is 11.6. The summed E-state index contributed by atoms with van der Waals surface area (Å²) in [6.07, 6.45) is -4.33. The fourth-order valence-corrected chi connectivity index (χ4v) is 2.24. The predicted molar refractivity (Wildman–Crippen MR) is 79.7 cm³/mol. The second kappa shape index (κ2) is 5.98. The molecule has 0 radical (unpaired) electrons. The average Bonchev–Trinajstić information content (AvgIpc) is 2.43. The highest BCUT2D eigenvalue weighted by molar-refractivity contribution is 6.31. The van der Waals surface area contributed by atoms with Crippen LogP contribution in [-0.2, 0) is 6.18 Å². The molecule has 112 valence electrons. The molecule has 1 unspecified atom stereocenters. The van der Waals surface area contributed by atoms with Crippen molar-refractivity contribution in [1.82, 2.24) is 0 Å². The standard InChI is InChI=1S/C16H15ClF3N/c1-10-14(17)7-4-8-15(10)21-11(2)12-5-3-6-13(9-12)16(18,19)20/h3-9,11,21H,1-2H3. The first-order valence-electron chi connectivity index (χ1n) is 6.48.